The van der Waals surface area contributed by atoms with E-state index in [1.807, 2.05) is 0 Å². The van der Waals surface area contributed by atoms with Crippen LogP contribution in [0.4, 0.5) is 11.6 Å². The standard InChI is InChI=1S/C15H25N5/c1-3-20(12-6-4-5-7-12)15-10(2)13(19-16)17-14(18-15)11-8-9-11/h11-12H,3-9,16H2,1-2H3,(H,17,18,19). The molecule has 20 heavy (non-hydrogen) atoms. The molecule has 1 heterocycles. The van der Waals surface area contributed by atoms with Gasteiger partial charge in [-0.3, -0.25) is 0 Å². The second kappa shape index (κ2) is 5.56. The highest BCUT2D eigenvalue weighted by atomic mass is 15.3. The first kappa shape index (κ1) is 13.6. The summed E-state index contributed by atoms with van der Waals surface area (Å²) in [6.07, 6.45) is 7.65. The Morgan fingerprint density at radius 2 is 1.90 bits per heavy atom. The molecule has 1 aromatic rings. The van der Waals surface area contributed by atoms with Gasteiger partial charge in [-0.1, -0.05) is 12.8 Å². The third-order valence-electron chi connectivity index (χ3n) is 4.59. The van der Waals surface area contributed by atoms with Gasteiger partial charge in [0.15, 0.2) is 0 Å². The first-order valence-corrected chi connectivity index (χ1v) is 7.86. The topological polar surface area (TPSA) is 67.1 Å². The average molecular weight is 275 g/mol. The number of nitrogens with two attached hydrogens (primary N) is 1. The second-order valence-corrected chi connectivity index (χ2v) is 6.02. The van der Waals surface area contributed by atoms with E-state index in [1.54, 1.807) is 0 Å². The Morgan fingerprint density at radius 3 is 2.45 bits per heavy atom. The molecule has 0 spiro atoms. The third-order valence-corrected chi connectivity index (χ3v) is 4.59. The van der Waals surface area contributed by atoms with Crippen LogP contribution in [0.5, 0.6) is 0 Å². The highest BCUT2D eigenvalue weighted by Gasteiger charge is 2.30. The van der Waals surface area contributed by atoms with E-state index >= 15 is 0 Å². The van der Waals surface area contributed by atoms with Crippen LogP contribution in [-0.2, 0) is 0 Å². The number of hydrazine groups is 1. The number of aromatic nitrogens is 2. The fourth-order valence-electron chi connectivity index (χ4n) is 3.26. The van der Waals surface area contributed by atoms with Crippen LogP contribution in [0.25, 0.3) is 0 Å². The number of nitrogens with zero attached hydrogens (tertiary/aromatic N) is 3. The van der Waals surface area contributed by atoms with E-state index < -0.39 is 0 Å². The molecule has 2 saturated carbocycles. The highest BCUT2D eigenvalue weighted by molar-refractivity contribution is 5.59. The minimum Gasteiger partial charge on any atom is -0.354 e. The third kappa shape index (κ3) is 2.46. The van der Waals surface area contributed by atoms with Crippen molar-refractivity contribution in [3.8, 4) is 0 Å². The molecule has 2 aliphatic carbocycles. The molecule has 3 rings (SSSR count). The largest absolute Gasteiger partial charge is 0.354 e. The molecule has 0 unspecified atom stereocenters. The van der Waals surface area contributed by atoms with Gasteiger partial charge in [0.2, 0.25) is 0 Å². The monoisotopic (exact) mass is 275 g/mol. The summed E-state index contributed by atoms with van der Waals surface area (Å²) in [4.78, 5) is 11.9. The van der Waals surface area contributed by atoms with Crippen molar-refractivity contribution in [1.82, 2.24) is 9.97 Å². The predicted molar refractivity (Wildman–Crippen MR) is 81.8 cm³/mol. The molecule has 3 N–H and O–H groups in total. The van der Waals surface area contributed by atoms with Crippen LogP contribution in [0.3, 0.4) is 0 Å². The van der Waals surface area contributed by atoms with E-state index in [4.69, 9.17) is 10.8 Å². The van der Waals surface area contributed by atoms with Crippen LogP contribution in [0.15, 0.2) is 0 Å². The Hall–Kier alpha value is -1.36. The van der Waals surface area contributed by atoms with Crippen molar-refractivity contribution < 1.29 is 0 Å². The molecule has 0 aromatic carbocycles. The number of nitrogen functional groups attached to an aromatic ring is 1. The van der Waals surface area contributed by atoms with Crippen LogP contribution in [0, 0.1) is 6.92 Å². The summed E-state index contributed by atoms with van der Waals surface area (Å²) in [5.41, 5.74) is 3.83. The lowest BCUT2D eigenvalue weighted by Gasteiger charge is -2.30. The molecule has 1 aromatic heterocycles. The lowest BCUT2D eigenvalue weighted by molar-refractivity contribution is 0.609. The summed E-state index contributed by atoms with van der Waals surface area (Å²) in [5.74, 6) is 9.03. The maximum absolute atomic E-state index is 5.65. The Labute approximate surface area is 120 Å². The Balaban J connectivity index is 1.98. The summed E-state index contributed by atoms with van der Waals surface area (Å²) in [7, 11) is 0. The zero-order valence-corrected chi connectivity index (χ0v) is 12.5. The quantitative estimate of drug-likeness (QED) is 0.639. The molecule has 0 amide bonds. The molecule has 2 aliphatic rings. The van der Waals surface area contributed by atoms with E-state index in [0.29, 0.717) is 12.0 Å². The van der Waals surface area contributed by atoms with Gasteiger partial charge in [0.05, 0.1) is 0 Å². The fraction of sp³-hybridized carbons (Fsp3) is 0.733. The molecular formula is C15H25N5. The van der Waals surface area contributed by atoms with Crippen LogP contribution in [0.1, 0.15) is 62.8 Å². The van der Waals surface area contributed by atoms with Crippen molar-refractivity contribution >= 4 is 11.6 Å². The number of rotatable bonds is 5. The van der Waals surface area contributed by atoms with E-state index in [1.165, 1.54) is 38.5 Å². The summed E-state index contributed by atoms with van der Waals surface area (Å²) < 4.78 is 0. The van der Waals surface area contributed by atoms with Crippen molar-refractivity contribution in [2.45, 2.75) is 64.3 Å². The van der Waals surface area contributed by atoms with Crippen molar-refractivity contribution in [1.29, 1.82) is 0 Å². The van der Waals surface area contributed by atoms with Gasteiger partial charge in [0.25, 0.3) is 0 Å². The molecule has 0 saturated heterocycles. The van der Waals surface area contributed by atoms with E-state index in [0.717, 1.165) is 29.6 Å². The first-order valence-electron chi connectivity index (χ1n) is 7.86. The zero-order valence-electron chi connectivity index (χ0n) is 12.5. The van der Waals surface area contributed by atoms with Crippen LogP contribution in [0.2, 0.25) is 0 Å². The molecule has 5 heteroatoms. The molecule has 0 radical (unpaired) electrons. The minimum atomic E-state index is 0.545. The SMILES string of the molecule is CCN(c1nc(C2CC2)nc(NN)c1C)C1CCCC1. The van der Waals surface area contributed by atoms with Crippen LogP contribution < -0.4 is 16.2 Å². The molecule has 0 atom stereocenters. The lowest BCUT2D eigenvalue weighted by atomic mass is 10.1. The molecule has 110 valence electrons. The van der Waals surface area contributed by atoms with E-state index in [9.17, 15) is 0 Å². The number of hydrogen-bond donors (Lipinski definition) is 2. The van der Waals surface area contributed by atoms with Crippen molar-refractivity contribution in [2.24, 2.45) is 5.84 Å². The second-order valence-electron chi connectivity index (χ2n) is 6.02. The maximum atomic E-state index is 5.65. The Morgan fingerprint density at radius 1 is 1.20 bits per heavy atom. The number of nitrogens with one attached hydrogen (secondary N) is 1. The smallest absolute Gasteiger partial charge is 0.148 e. The normalized spacial score (nSPS) is 19.4. The van der Waals surface area contributed by atoms with Gasteiger partial charge in [-0.05, 0) is 39.5 Å². The number of hydrogen-bond acceptors (Lipinski definition) is 5. The lowest BCUT2D eigenvalue weighted by Crippen LogP contribution is -2.35. The van der Waals surface area contributed by atoms with Crippen molar-refractivity contribution in [3.05, 3.63) is 11.4 Å². The van der Waals surface area contributed by atoms with Gasteiger partial charge in [0.1, 0.15) is 17.5 Å². The minimum absolute atomic E-state index is 0.545. The summed E-state index contributed by atoms with van der Waals surface area (Å²) >= 11 is 0. The first-order chi connectivity index (χ1) is 9.74. The fourth-order valence-corrected chi connectivity index (χ4v) is 3.26. The van der Waals surface area contributed by atoms with Crippen LogP contribution in [-0.4, -0.2) is 22.6 Å². The van der Waals surface area contributed by atoms with Gasteiger partial charge < -0.3 is 10.3 Å². The summed E-state index contributed by atoms with van der Waals surface area (Å²) in [6.45, 7) is 5.28. The number of anilines is 2. The van der Waals surface area contributed by atoms with Gasteiger partial charge in [-0.2, -0.15) is 0 Å². The van der Waals surface area contributed by atoms with Gasteiger partial charge >= 0.3 is 0 Å². The summed E-state index contributed by atoms with van der Waals surface area (Å²) in [5, 5.41) is 0. The molecule has 2 fully saturated rings. The predicted octanol–water partition coefficient (Wildman–Crippen LogP) is 2.72. The molecule has 5 nitrogen and oxygen atoms in total. The van der Waals surface area contributed by atoms with Gasteiger partial charge in [0, 0.05) is 24.1 Å². The zero-order chi connectivity index (χ0) is 14.1. The summed E-state index contributed by atoms with van der Waals surface area (Å²) in [6, 6.07) is 0.631. The Bertz CT molecular complexity index is 477. The Kier molecular flexibility index (Phi) is 3.78. The molecular weight excluding hydrogens is 250 g/mol. The van der Waals surface area contributed by atoms with Crippen LogP contribution >= 0.6 is 0 Å². The van der Waals surface area contributed by atoms with E-state index in [-0.39, 0.29) is 0 Å². The van der Waals surface area contributed by atoms with E-state index in [2.05, 4.69) is 29.2 Å². The van der Waals surface area contributed by atoms with Gasteiger partial charge in [-0.25, -0.2) is 15.8 Å². The van der Waals surface area contributed by atoms with Crippen molar-refractivity contribution in [2.75, 3.05) is 16.9 Å². The average Bonchev–Trinajstić information content (AvgIpc) is 3.18. The maximum Gasteiger partial charge on any atom is 0.148 e. The van der Waals surface area contributed by atoms with Gasteiger partial charge in [-0.15, -0.1) is 0 Å². The molecule has 0 bridgehead atoms. The highest BCUT2D eigenvalue weighted by Crippen LogP contribution is 2.40. The van der Waals surface area contributed by atoms with Crippen molar-refractivity contribution in [3.63, 3.8) is 0 Å². The molecule has 0 aliphatic heterocycles.